The second-order valence-corrected chi connectivity index (χ2v) is 10.5. The highest BCUT2D eigenvalue weighted by Crippen LogP contribution is 2.34. The average molecular weight is 346 g/mol. The van der Waals surface area contributed by atoms with Crippen LogP contribution in [0.2, 0.25) is 18.1 Å². The van der Waals surface area contributed by atoms with Gasteiger partial charge in [0, 0.05) is 19.9 Å². The Labute approximate surface area is 155 Å². The minimum absolute atomic E-state index is 0.0148. The van der Waals surface area contributed by atoms with Crippen molar-refractivity contribution < 1.29 is 0 Å². The number of rotatable bonds is 3. The lowest BCUT2D eigenvalue weighted by Crippen LogP contribution is -2.19. The zero-order valence-corrected chi connectivity index (χ0v) is 16.9. The van der Waals surface area contributed by atoms with Gasteiger partial charge in [0.2, 0.25) is 0 Å². The number of benzene rings is 2. The van der Waals surface area contributed by atoms with Crippen LogP contribution in [0.1, 0.15) is 59.9 Å². The maximum Gasteiger partial charge on any atom is 0.0479 e. The van der Waals surface area contributed by atoms with Gasteiger partial charge in [-0.1, -0.05) is 73.1 Å². The molecule has 1 fully saturated rings. The molecule has 1 radical (unpaired) electrons. The molecule has 0 unspecified atom stereocenters. The topological polar surface area (TPSA) is 0 Å². The van der Waals surface area contributed by atoms with Crippen molar-refractivity contribution in [1.29, 1.82) is 0 Å². The highest BCUT2D eigenvalue weighted by atomic mass is 28.3. The molecule has 0 aliphatic carbocycles. The average Bonchev–Trinajstić information content (AvgIpc) is 2.62. The van der Waals surface area contributed by atoms with Crippen LogP contribution in [0.15, 0.2) is 42.5 Å². The number of hydrogen-bond acceptors (Lipinski definition) is 0. The number of aryl methyl sites for hydroxylation is 2. The van der Waals surface area contributed by atoms with E-state index in [0.717, 1.165) is 17.0 Å². The normalized spacial score (nSPS) is 15.6. The maximum atomic E-state index is 3.33. The molecule has 0 spiro atoms. The molecule has 0 atom stereocenters. The molecule has 2 aromatic rings. The van der Waals surface area contributed by atoms with Crippen molar-refractivity contribution >= 4 is 8.80 Å². The Morgan fingerprint density at radius 2 is 1.68 bits per heavy atom. The summed E-state index contributed by atoms with van der Waals surface area (Å²) in [5, 5.41) is 0. The van der Waals surface area contributed by atoms with Crippen molar-refractivity contribution in [3.05, 3.63) is 70.3 Å². The molecule has 2 aromatic carbocycles. The Morgan fingerprint density at radius 1 is 0.960 bits per heavy atom. The largest absolute Gasteiger partial charge is 0.0657 e. The summed E-state index contributed by atoms with van der Waals surface area (Å²) < 4.78 is 0. The van der Waals surface area contributed by atoms with Gasteiger partial charge in [-0.05, 0) is 61.9 Å². The molecule has 0 nitrogen and oxygen atoms in total. The van der Waals surface area contributed by atoms with Crippen LogP contribution in [0.5, 0.6) is 0 Å². The monoisotopic (exact) mass is 345 g/mol. The van der Waals surface area contributed by atoms with Gasteiger partial charge in [0.25, 0.3) is 0 Å². The van der Waals surface area contributed by atoms with Gasteiger partial charge < -0.3 is 0 Å². The Hall–Kier alpha value is -1.78. The Balaban J connectivity index is 1.64. The van der Waals surface area contributed by atoms with Crippen molar-refractivity contribution in [2.75, 3.05) is 0 Å². The van der Waals surface area contributed by atoms with E-state index in [1.54, 1.807) is 0 Å². The molecular formula is C24H29Si. The Bertz CT molecular complexity index is 753. The molecular weight excluding hydrogens is 316 g/mol. The van der Waals surface area contributed by atoms with E-state index in [9.17, 15) is 0 Å². The van der Waals surface area contributed by atoms with Crippen LogP contribution in [-0.2, 0) is 0 Å². The minimum atomic E-state index is -0.0148. The minimum Gasteiger partial charge on any atom is -0.0657 e. The zero-order valence-electron chi connectivity index (χ0n) is 15.9. The lowest BCUT2D eigenvalue weighted by atomic mass is 9.93. The molecule has 1 aliphatic rings. The van der Waals surface area contributed by atoms with Crippen LogP contribution >= 0.6 is 0 Å². The summed E-state index contributed by atoms with van der Waals surface area (Å²) in [6, 6.07) is 20.0. The van der Waals surface area contributed by atoms with Gasteiger partial charge in [0.1, 0.15) is 0 Å². The van der Waals surface area contributed by atoms with E-state index in [2.05, 4.69) is 75.1 Å². The van der Waals surface area contributed by atoms with E-state index in [0.29, 0.717) is 0 Å². The molecule has 1 aliphatic heterocycles. The summed E-state index contributed by atoms with van der Waals surface area (Å²) in [6.45, 7) is 6.60. The van der Waals surface area contributed by atoms with Gasteiger partial charge in [-0.3, -0.25) is 0 Å². The first-order chi connectivity index (χ1) is 12.2. The smallest absolute Gasteiger partial charge is 0.0479 e. The van der Waals surface area contributed by atoms with Crippen LogP contribution in [0.4, 0.5) is 0 Å². The lowest BCUT2D eigenvalue weighted by Gasteiger charge is -2.27. The molecule has 0 N–H and O–H groups in total. The standard InChI is InChI=1S/C24H29Si/c1-4-15-25-16-13-24(14-17-25)23-11-7-21(8-12-23)6-10-22-9-5-19(2)18-20(22)3/h5,7-9,11-12,18,24H,4,13-17H2,1-3H3. The first kappa shape index (κ1) is 18.0. The van der Waals surface area contributed by atoms with Crippen molar-refractivity contribution in [3.8, 4) is 11.8 Å². The maximum absolute atomic E-state index is 3.33. The van der Waals surface area contributed by atoms with Crippen molar-refractivity contribution in [1.82, 2.24) is 0 Å². The summed E-state index contributed by atoms with van der Waals surface area (Å²) in [7, 11) is -0.0148. The molecule has 1 heterocycles. The second kappa shape index (κ2) is 8.54. The summed E-state index contributed by atoms with van der Waals surface area (Å²) in [5.41, 5.74) is 6.33. The van der Waals surface area contributed by atoms with Crippen LogP contribution < -0.4 is 0 Å². The van der Waals surface area contributed by atoms with Gasteiger partial charge in [0.15, 0.2) is 0 Å². The molecule has 129 valence electrons. The SMILES string of the molecule is CCC[Si]1CCC(c2ccc(C#Cc3ccc(C)cc3C)cc2)CC1. The summed E-state index contributed by atoms with van der Waals surface area (Å²) in [6.07, 6.45) is 4.19. The fourth-order valence-electron chi connectivity index (χ4n) is 3.89. The van der Waals surface area contributed by atoms with Gasteiger partial charge in [-0.25, -0.2) is 0 Å². The lowest BCUT2D eigenvalue weighted by molar-refractivity contribution is 0.606. The summed E-state index contributed by atoms with van der Waals surface area (Å²) >= 11 is 0. The third-order valence-electron chi connectivity index (χ3n) is 5.40. The quantitative estimate of drug-likeness (QED) is 0.441. The first-order valence-electron chi connectivity index (χ1n) is 9.68. The number of hydrogen-bond donors (Lipinski definition) is 0. The predicted molar refractivity (Wildman–Crippen MR) is 111 cm³/mol. The van der Waals surface area contributed by atoms with Gasteiger partial charge >= 0.3 is 0 Å². The molecule has 3 rings (SSSR count). The first-order valence-corrected chi connectivity index (χ1v) is 11.8. The van der Waals surface area contributed by atoms with Gasteiger partial charge in [-0.2, -0.15) is 0 Å². The third-order valence-corrected chi connectivity index (χ3v) is 8.60. The van der Waals surface area contributed by atoms with E-state index in [-0.39, 0.29) is 8.80 Å². The van der Waals surface area contributed by atoms with Crippen LogP contribution in [-0.4, -0.2) is 8.80 Å². The highest BCUT2D eigenvalue weighted by Gasteiger charge is 2.22. The molecule has 25 heavy (non-hydrogen) atoms. The van der Waals surface area contributed by atoms with Crippen LogP contribution in [0, 0.1) is 25.7 Å². The van der Waals surface area contributed by atoms with Crippen molar-refractivity contribution in [3.63, 3.8) is 0 Å². The fourth-order valence-corrected chi connectivity index (χ4v) is 6.87. The Kier molecular flexibility index (Phi) is 6.16. The highest BCUT2D eigenvalue weighted by molar-refractivity contribution is 6.59. The van der Waals surface area contributed by atoms with Crippen molar-refractivity contribution in [2.24, 2.45) is 0 Å². The third kappa shape index (κ3) is 4.86. The molecule has 0 saturated carbocycles. The fraction of sp³-hybridized carbons (Fsp3) is 0.417. The predicted octanol–water partition coefficient (Wildman–Crippen LogP) is 6.49. The van der Waals surface area contributed by atoms with E-state index < -0.39 is 0 Å². The summed E-state index contributed by atoms with van der Waals surface area (Å²) in [4.78, 5) is 0. The van der Waals surface area contributed by atoms with Gasteiger partial charge in [-0.15, -0.1) is 0 Å². The van der Waals surface area contributed by atoms with Gasteiger partial charge in [0.05, 0.1) is 0 Å². The molecule has 0 aromatic heterocycles. The van der Waals surface area contributed by atoms with E-state index in [4.69, 9.17) is 0 Å². The molecule has 0 bridgehead atoms. The molecule has 1 heteroatoms. The molecule has 0 amide bonds. The van der Waals surface area contributed by atoms with E-state index in [1.165, 1.54) is 54.1 Å². The van der Waals surface area contributed by atoms with E-state index in [1.807, 2.05) is 0 Å². The second-order valence-electron chi connectivity index (χ2n) is 7.46. The Morgan fingerprint density at radius 3 is 2.32 bits per heavy atom. The summed E-state index contributed by atoms with van der Waals surface area (Å²) in [5.74, 6) is 7.44. The zero-order chi connectivity index (χ0) is 17.6. The molecule has 1 saturated heterocycles. The van der Waals surface area contributed by atoms with Crippen LogP contribution in [0.25, 0.3) is 0 Å². The van der Waals surface area contributed by atoms with E-state index >= 15 is 0 Å². The van der Waals surface area contributed by atoms with Crippen LogP contribution in [0.3, 0.4) is 0 Å². The van der Waals surface area contributed by atoms with Crippen molar-refractivity contribution in [2.45, 2.75) is 64.1 Å².